The number of aliphatic hydroxyl groups excluding tert-OH is 1. The zero-order chi connectivity index (χ0) is 20.1. The fraction of sp³-hybridized carbons (Fsp3) is 0.852. The molecule has 0 heterocycles. The molecule has 0 spiro atoms. The Kier molecular flexibility index (Phi) is 5.62. The predicted octanol–water partition coefficient (Wildman–Crippen LogP) is 7.16. The summed E-state index contributed by atoms with van der Waals surface area (Å²) in [7, 11) is 0. The molecule has 1 nitrogen and oxygen atoms in total. The Morgan fingerprint density at radius 2 is 1.86 bits per heavy atom. The van der Waals surface area contributed by atoms with Gasteiger partial charge in [-0.15, -0.1) is 0 Å². The Morgan fingerprint density at radius 1 is 1.07 bits per heavy atom. The van der Waals surface area contributed by atoms with Crippen molar-refractivity contribution in [1.29, 1.82) is 0 Å². The van der Waals surface area contributed by atoms with Gasteiger partial charge in [-0.2, -0.15) is 0 Å². The first-order chi connectivity index (χ1) is 13.3. The molecule has 1 heteroatoms. The third-order valence-electron chi connectivity index (χ3n) is 9.83. The average Bonchev–Trinajstić information content (AvgIpc) is 2.99. The molecular weight excluding hydrogens is 340 g/mol. The smallest absolute Gasteiger partial charge is 0.0577 e. The molecule has 0 aromatic rings. The Labute approximate surface area is 174 Å². The molecule has 0 aromatic carbocycles. The highest BCUT2D eigenvalue weighted by Crippen LogP contribution is 2.67. The largest absolute Gasteiger partial charge is 0.393 e. The van der Waals surface area contributed by atoms with Gasteiger partial charge in [0.1, 0.15) is 0 Å². The van der Waals surface area contributed by atoms with E-state index in [-0.39, 0.29) is 6.10 Å². The van der Waals surface area contributed by atoms with Crippen LogP contribution in [-0.4, -0.2) is 11.2 Å². The predicted molar refractivity (Wildman–Crippen MR) is 119 cm³/mol. The van der Waals surface area contributed by atoms with Crippen LogP contribution in [0.5, 0.6) is 0 Å². The van der Waals surface area contributed by atoms with Gasteiger partial charge in [0.25, 0.3) is 0 Å². The highest BCUT2D eigenvalue weighted by atomic mass is 16.3. The Bertz CT molecular complexity index is 630. The first-order valence-corrected chi connectivity index (χ1v) is 12.3. The van der Waals surface area contributed by atoms with Gasteiger partial charge in [0.2, 0.25) is 0 Å². The second-order valence-electron chi connectivity index (χ2n) is 11.8. The van der Waals surface area contributed by atoms with Gasteiger partial charge in [-0.25, -0.2) is 0 Å². The van der Waals surface area contributed by atoms with Crippen molar-refractivity contribution in [2.24, 2.45) is 46.3 Å². The second-order valence-corrected chi connectivity index (χ2v) is 11.8. The number of fused-ring (bicyclic) bond motifs is 5. The number of hydrogen-bond acceptors (Lipinski definition) is 1. The number of aliphatic hydroxyl groups is 1. The van der Waals surface area contributed by atoms with Crippen LogP contribution in [0, 0.1) is 46.3 Å². The molecule has 0 aromatic heterocycles. The summed E-state index contributed by atoms with van der Waals surface area (Å²) < 4.78 is 0. The maximum Gasteiger partial charge on any atom is 0.0577 e. The lowest BCUT2D eigenvalue weighted by molar-refractivity contribution is -0.0540. The molecule has 0 bridgehead atoms. The lowest BCUT2D eigenvalue weighted by Crippen LogP contribution is -2.50. The molecule has 4 aliphatic carbocycles. The second kappa shape index (κ2) is 7.60. The number of rotatable bonds is 4. The van der Waals surface area contributed by atoms with Gasteiger partial charge in [0.05, 0.1) is 6.10 Å². The van der Waals surface area contributed by atoms with Gasteiger partial charge in [-0.1, -0.05) is 58.4 Å². The topological polar surface area (TPSA) is 20.2 Å². The summed E-state index contributed by atoms with van der Waals surface area (Å²) in [5.41, 5.74) is 2.53. The minimum atomic E-state index is -0.0842. The summed E-state index contributed by atoms with van der Waals surface area (Å²) in [4.78, 5) is 0. The van der Waals surface area contributed by atoms with E-state index in [1.165, 1.54) is 44.9 Å². The molecule has 4 aliphatic rings. The van der Waals surface area contributed by atoms with Crippen molar-refractivity contribution in [2.75, 3.05) is 0 Å². The maximum absolute atomic E-state index is 10.2. The summed E-state index contributed by atoms with van der Waals surface area (Å²) in [5, 5.41) is 10.2. The molecule has 3 saturated carbocycles. The fourth-order valence-electron chi connectivity index (χ4n) is 8.25. The average molecular weight is 385 g/mol. The van der Waals surface area contributed by atoms with Gasteiger partial charge >= 0.3 is 0 Å². The minimum Gasteiger partial charge on any atom is -0.393 e. The van der Waals surface area contributed by atoms with Crippen molar-refractivity contribution >= 4 is 0 Å². The fourth-order valence-corrected chi connectivity index (χ4v) is 8.25. The Balaban J connectivity index is 1.53. The monoisotopic (exact) mass is 384 g/mol. The van der Waals surface area contributed by atoms with Gasteiger partial charge in [-0.05, 0) is 104 Å². The molecule has 4 rings (SSSR count). The molecule has 0 aliphatic heterocycles. The van der Waals surface area contributed by atoms with E-state index in [0.29, 0.717) is 10.8 Å². The van der Waals surface area contributed by atoms with Crippen molar-refractivity contribution in [3.8, 4) is 0 Å². The molecule has 3 fully saturated rings. The molecule has 0 amide bonds. The van der Waals surface area contributed by atoms with Crippen molar-refractivity contribution < 1.29 is 5.11 Å². The van der Waals surface area contributed by atoms with E-state index in [2.05, 4.69) is 52.8 Å². The maximum atomic E-state index is 10.2. The molecule has 1 N–H and O–H groups in total. The molecule has 28 heavy (non-hydrogen) atoms. The van der Waals surface area contributed by atoms with Crippen LogP contribution in [-0.2, 0) is 0 Å². The standard InChI is InChI=1S/C27H44O/c1-18(2)7-6-8-19(3)23-11-12-24-22-10-9-20-17-21(28)13-15-26(20,4)25(22)14-16-27(23,24)5/h6,8-9,18-19,21-25,28H,7,10-17H2,1-5H3/b8-6+/t19-,21?,22+,23-,24+,25+,26+,27-/m1/s1. The van der Waals surface area contributed by atoms with Crippen LogP contribution in [0.1, 0.15) is 92.4 Å². The van der Waals surface area contributed by atoms with Gasteiger partial charge < -0.3 is 5.11 Å². The lowest BCUT2D eigenvalue weighted by Gasteiger charge is -2.58. The molecule has 0 saturated heterocycles. The van der Waals surface area contributed by atoms with E-state index >= 15 is 0 Å². The molecule has 158 valence electrons. The van der Waals surface area contributed by atoms with Crippen molar-refractivity contribution in [1.82, 2.24) is 0 Å². The Hall–Kier alpha value is -0.560. The van der Waals surface area contributed by atoms with Crippen LogP contribution in [0.2, 0.25) is 0 Å². The molecule has 0 radical (unpaired) electrons. The van der Waals surface area contributed by atoms with Crippen molar-refractivity contribution in [3.05, 3.63) is 23.8 Å². The van der Waals surface area contributed by atoms with Crippen LogP contribution < -0.4 is 0 Å². The normalized spacial score (nSPS) is 46.8. The van der Waals surface area contributed by atoms with Crippen molar-refractivity contribution in [2.45, 2.75) is 98.5 Å². The van der Waals surface area contributed by atoms with E-state index in [0.717, 1.165) is 48.3 Å². The van der Waals surface area contributed by atoms with Crippen molar-refractivity contribution in [3.63, 3.8) is 0 Å². The van der Waals surface area contributed by atoms with E-state index in [1.807, 2.05) is 0 Å². The van der Waals surface area contributed by atoms with Crippen LogP contribution in [0.25, 0.3) is 0 Å². The number of allylic oxidation sites excluding steroid dienone is 3. The third-order valence-corrected chi connectivity index (χ3v) is 9.83. The SMILES string of the molecule is CC(C)C/C=C/[C@@H](C)[C@H]1CC[C@H]2[C@@H]3CC=C4CC(O)CC[C@]4(C)[C@H]3CC[C@]12C. The lowest BCUT2D eigenvalue weighted by atomic mass is 9.47. The van der Waals surface area contributed by atoms with Crippen LogP contribution >= 0.6 is 0 Å². The van der Waals surface area contributed by atoms with Crippen LogP contribution in [0.3, 0.4) is 0 Å². The quantitative estimate of drug-likeness (QED) is 0.510. The summed E-state index contributed by atoms with van der Waals surface area (Å²) >= 11 is 0. The molecular formula is C27H44O. The highest BCUT2D eigenvalue weighted by molar-refractivity contribution is 5.25. The van der Waals surface area contributed by atoms with E-state index in [4.69, 9.17) is 0 Å². The first-order valence-electron chi connectivity index (χ1n) is 12.3. The minimum absolute atomic E-state index is 0.0842. The molecule has 1 unspecified atom stereocenters. The third kappa shape index (κ3) is 3.34. The van der Waals surface area contributed by atoms with Gasteiger partial charge in [0, 0.05) is 0 Å². The Morgan fingerprint density at radius 3 is 2.61 bits per heavy atom. The first kappa shape index (κ1) is 20.7. The number of hydrogen-bond donors (Lipinski definition) is 1. The summed E-state index contributed by atoms with van der Waals surface area (Å²) in [5.74, 6) is 5.03. The molecule has 8 atom stereocenters. The zero-order valence-corrected chi connectivity index (χ0v) is 19.1. The zero-order valence-electron chi connectivity index (χ0n) is 19.1. The van der Waals surface area contributed by atoms with Crippen LogP contribution in [0.15, 0.2) is 23.8 Å². The van der Waals surface area contributed by atoms with Gasteiger partial charge in [-0.3, -0.25) is 0 Å². The van der Waals surface area contributed by atoms with Crippen LogP contribution in [0.4, 0.5) is 0 Å². The summed E-state index contributed by atoms with van der Waals surface area (Å²) in [6, 6.07) is 0. The summed E-state index contributed by atoms with van der Waals surface area (Å²) in [6.45, 7) is 12.3. The summed E-state index contributed by atoms with van der Waals surface area (Å²) in [6.07, 6.45) is 18.9. The van der Waals surface area contributed by atoms with E-state index in [1.54, 1.807) is 5.57 Å². The van der Waals surface area contributed by atoms with Gasteiger partial charge in [0.15, 0.2) is 0 Å². The van der Waals surface area contributed by atoms with E-state index in [9.17, 15) is 5.11 Å². The van der Waals surface area contributed by atoms with E-state index < -0.39 is 0 Å². The highest BCUT2D eigenvalue weighted by Gasteiger charge is 2.58.